The second-order valence-corrected chi connectivity index (χ2v) is 4.72. The van der Waals surface area contributed by atoms with E-state index in [0.29, 0.717) is 5.75 Å². The summed E-state index contributed by atoms with van der Waals surface area (Å²) in [5.41, 5.74) is 0.285. The second kappa shape index (κ2) is 5.40. The maximum atomic E-state index is 13.5. The summed E-state index contributed by atoms with van der Waals surface area (Å²) in [6, 6.07) is 13.8. The zero-order chi connectivity index (χ0) is 14.8. The van der Waals surface area contributed by atoms with Crippen molar-refractivity contribution in [3.8, 4) is 11.5 Å². The van der Waals surface area contributed by atoms with Crippen LogP contribution in [0.1, 0.15) is 5.56 Å². The van der Waals surface area contributed by atoms with Gasteiger partial charge in [0.05, 0.1) is 0 Å². The first kappa shape index (κ1) is 13.4. The van der Waals surface area contributed by atoms with Crippen molar-refractivity contribution < 1.29 is 18.6 Å². The first-order valence-corrected chi connectivity index (χ1v) is 6.41. The van der Waals surface area contributed by atoms with Crippen molar-refractivity contribution in [3.63, 3.8) is 0 Å². The zero-order valence-corrected chi connectivity index (χ0v) is 11.0. The highest BCUT2D eigenvalue weighted by atomic mass is 19.1. The van der Waals surface area contributed by atoms with Gasteiger partial charge in [0.25, 0.3) is 0 Å². The van der Waals surface area contributed by atoms with Gasteiger partial charge in [-0.2, -0.15) is 0 Å². The monoisotopic (exact) mass is 286 g/mol. The summed E-state index contributed by atoms with van der Waals surface area (Å²) < 4.78 is 31.8. The van der Waals surface area contributed by atoms with Crippen molar-refractivity contribution in [2.24, 2.45) is 0 Å². The number of phenols is 1. The van der Waals surface area contributed by atoms with Crippen LogP contribution in [0.2, 0.25) is 0 Å². The number of rotatable bonds is 3. The molecule has 21 heavy (non-hydrogen) atoms. The van der Waals surface area contributed by atoms with Crippen LogP contribution in [0.5, 0.6) is 11.5 Å². The molecule has 3 aromatic rings. The molecular formula is C17H12F2O2. The van der Waals surface area contributed by atoms with Gasteiger partial charge < -0.3 is 9.84 Å². The van der Waals surface area contributed by atoms with Crippen LogP contribution in [0.15, 0.2) is 54.6 Å². The quantitative estimate of drug-likeness (QED) is 0.773. The van der Waals surface area contributed by atoms with Gasteiger partial charge in [0.15, 0.2) is 0 Å². The molecule has 0 fully saturated rings. The van der Waals surface area contributed by atoms with Crippen LogP contribution in [0, 0.1) is 11.6 Å². The predicted molar refractivity (Wildman–Crippen MR) is 76.3 cm³/mol. The van der Waals surface area contributed by atoms with Crippen molar-refractivity contribution in [2.75, 3.05) is 0 Å². The molecule has 0 saturated heterocycles. The summed E-state index contributed by atoms with van der Waals surface area (Å²) in [5.74, 6) is -0.521. The van der Waals surface area contributed by atoms with Gasteiger partial charge >= 0.3 is 0 Å². The fraction of sp³-hybridized carbons (Fsp3) is 0.0588. The molecule has 0 heterocycles. The molecular weight excluding hydrogens is 274 g/mol. The third-order valence-corrected chi connectivity index (χ3v) is 3.20. The van der Waals surface area contributed by atoms with Crippen molar-refractivity contribution in [1.82, 2.24) is 0 Å². The average molecular weight is 286 g/mol. The topological polar surface area (TPSA) is 29.5 Å². The minimum Gasteiger partial charge on any atom is -0.508 e. The molecule has 0 atom stereocenters. The lowest BCUT2D eigenvalue weighted by Crippen LogP contribution is -1.99. The van der Waals surface area contributed by atoms with Gasteiger partial charge in [-0.25, -0.2) is 8.78 Å². The van der Waals surface area contributed by atoms with Gasteiger partial charge in [-0.15, -0.1) is 0 Å². The molecule has 0 spiro atoms. The number of benzene rings is 3. The van der Waals surface area contributed by atoms with Crippen LogP contribution in [-0.4, -0.2) is 5.11 Å². The van der Waals surface area contributed by atoms with Gasteiger partial charge in [-0.1, -0.05) is 12.1 Å². The third kappa shape index (κ3) is 2.94. The van der Waals surface area contributed by atoms with Crippen molar-refractivity contribution in [1.29, 1.82) is 0 Å². The highest BCUT2D eigenvalue weighted by molar-refractivity contribution is 5.85. The normalized spacial score (nSPS) is 10.8. The lowest BCUT2D eigenvalue weighted by atomic mass is 10.1. The average Bonchev–Trinajstić information content (AvgIpc) is 2.46. The van der Waals surface area contributed by atoms with Crippen LogP contribution in [0.25, 0.3) is 10.8 Å². The maximum absolute atomic E-state index is 13.5. The molecule has 3 rings (SSSR count). The Balaban J connectivity index is 1.81. The smallest absolute Gasteiger partial charge is 0.132 e. The predicted octanol–water partition coefficient (Wildman–Crippen LogP) is 4.40. The van der Waals surface area contributed by atoms with E-state index in [1.165, 1.54) is 12.1 Å². The van der Waals surface area contributed by atoms with E-state index >= 15 is 0 Å². The van der Waals surface area contributed by atoms with E-state index in [-0.39, 0.29) is 17.9 Å². The molecule has 0 aromatic heterocycles. The minimum atomic E-state index is -0.631. The number of phenolic OH excluding ortho intramolecular Hbond substituents is 1. The largest absolute Gasteiger partial charge is 0.508 e. The van der Waals surface area contributed by atoms with Crippen LogP contribution >= 0.6 is 0 Å². The summed E-state index contributed by atoms with van der Waals surface area (Å²) in [6.45, 7) is 0.0104. The van der Waals surface area contributed by atoms with Crippen LogP contribution in [-0.2, 0) is 6.61 Å². The molecule has 0 amide bonds. The van der Waals surface area contributed by atoms with E-state index in [9.17, 15) is 13.9 Å². The minimum absolute atomic E-state index is 0.0104. The van der Waals surface area contributed by atoms with Gasteiger partial charge in [-0.3, -0.25) is 0 Å². The summed E-state index contributed by atoms with van der Waals surface area (Å²) >= 11 is 0. The highest BCUT2D eigenvalue weighted by Crippen LogP contribution is 2.25. The molecule has 0 aliphatic carbocycles. The Hall–Kier alpha value is -2.62. The molecule has 0 aliphatic rings. The maximum Gasteiger partial charge on any atom is 0.132 e. The van der Waals surface area contributed by atoms with E-state index < -0.39 is 11.6 Å². The van der Waals surface area contributed by atoms with Crippen LogP contribution in [0.4, 0.5) is 8.78 Å². The number of hydrogen-bond acceptors (Lipinski definition) is 2. The second-order valence-electron chi connectivity index (χ2n) is 4.72. The van der Waals surface area contributed by atoms with E-state index in [1.54, 1.807) is 30.3 Å². The Morgan fingerprint density at radius 2 is 1.67 bits per heavy atom. The lowest BCUT2D eigenvalue weighted by Gasteiger charge is -2.08. The zero-order valence-electron chi connectivity index (χ0n) is 11.0. The van der Waals surface area contributed by atoms with E-state index in [0.717, 1.165) is 16.8 Å². The van der Waals surface area contributed by atoms with Crippen LogP contribution < -0.4 is 4.74 Å². The molecule has 1 N–H and O–H groups in total. The van der Waals surface area contributed by atoms with Crippen molar-refractivity contribution >= 4 is 10.8 Å². The summed E-state index contributed by atoms with van der Waals surface area (Å²) in [6.07, 6.45) is 0. The third-order valence-electron chi connectivity index (χ3n) is 3.20. The molecule has 0 unspecified atom stereocenters. The van der Waals surface area contributed by atoms with E-state index in [1.807, 2.05) is 6.07 Å². The summed E-state index contributed by atoms with van der Waals surface area (Å²) in [7, 11) is 0. The molecule has 0 saturated carbocycles. The van der Waals surface area contributed by atoms with Gasteiger partial charge in [0.1, 0.15) is 29.7 Å². The summed E-state index contributed by atoms with van der Waals surface area (Å²) in [4.78, 5) is 0. The number of halogens is 2. The molecule has 0 bridgehead atoms. The number of hydrogen-bond donors (Lipinski definition) is 1. The molecule has 3 aromatic carbocycles. The fourth-order valence-corrected chi connectivity index (χ4v) is 2.10. The molecule has 2 nitrogen and oxygen atoms in total. The number of fused-ring (bicyclic) bond motifs is 1. The Bertz CT molecular complexity index is 800. The van der Waals surface area contributed by atoms with Gasteiger partial charge in [0, 0.05) is 11.6 Å². The molecule has 4 heteroatoms. The summed E-state index contributed by atoms with van der Waals surface area (Å²) in [5, 5.41) is 11.3. The van der Waals surface area contributed by atoms with Crippen molar-refractivity contribution in [2.45, 2.75) is 6.61 Å². The standard InChI is InChI=1S/C17H12F2O2/c18-14-4-1-12(17(19)9-14)10-21-16-6-3-11-2-5-15(20)7-13(11)8-16/h1-9,20H,10H2. The van der Waals surface area contributed by atoms with Crippen LogP contribution in [0.3, 0.4) is 0 Å². The first-order chi connectivity index (χ1) is 10.1. The Morgan fingerprint density at radius 3 is 2.48 bits per heavy atom. The number of aromatic hydroxyl groups is 1. The fourth-order valence-electron chi connectivity index (χ4n) is 2.10. The SMILES string of the molecule is Oc1ccc2ccc(OCc3ccc(F)cc3F)cc2c1. The molecule has 0 aliphatic heterocycles. The van der Waals surface area contributed by atoms with E-state index in [4.69, 9.17) is 4.74 Å². The molecule has 106 valence electrons. The first-order valence-electron chi connectivity index (χ1n) is 6.41. The number of ether oxygens (including phenoxy) is 1. The van der Waals surface area contributed by atoms with Crippen molar-refractivity contribution in [3.05, 3.63) is 71.8 Å². The Labute approximate surface area is 120 Å². The van der Waals surface area contributed by atoms with Gasteiger partial charge in [-0.05, 0) is 47.2 Å². The Morgan fingerprint density at radius 1 is 0.857 bits per heavy atom. The van der Waals surface area contributed by atoms with Gasteiger partial charge in [0.2, 0.25) is 0 Å². The molecule has 0 radical (unpaired) electrons. The lowest BCUT2D eigenvalue weighted by molar-refractivity contribution is 0.300. The Kier molecular flexibility index (Phi) is 3.44. The highest BCUT2D eigenvalue weighted by Gasteiger charge is 2.05. The van der Waals surface area contributed by atoms with E-state index in [2.05, 4.69) is 0 Å².